The van der Waals surface area contributed by atoms with E-state index in [0.717, 1.165) is 13.1 Å². The first-order chi connectivity index (χ1) is 5.70. The van der Waals surface area contributed by atoms with E-state index in [0.29, 0.717) is 11.5 Å². The molecule has 72 valence electrons. The van der Waals surface area contributed by atoms with Crippen LogP contribution in [0.1, 0.15) is 39.5 Å². The third-order valence-corrected chi connectivity index (χ3v) is 2.85. The first-order valence-electron chi connectivity index (χ1n) is 5.15. The molecule has 1 unspecified atom stereocenters. The zero-order chi connectivity index (χ0) is 9.03. The van der Waals surface area contributed by atoms with Gasteiger partial charge in [-0.2, -0.15) is 0 Å². The lowest BCUT2D eigenvalue weighted by Crippen LogP contribution is -2.35. The molecule has 1 aliphatic carbocycles. The van der Waals surface area contributed by atoms with Crippen molar-refractivity contribution in [2.24, 2.45) is 11.7 Å². The average molecular weight is 170 g/mol. The molecular formula is C10H22N2. The van der Waals surface area contributed by atoms with Crippen LogP contribution in [0.2, 0.25) is 0 Å². The predicted molar refractivity (Wildman–Crippen MR) is 53.1 cm³/mol. The average Bonchev–Trinajstić information content (AvgIpc) is 2.78. The van der Waals surface area contributed by atoms with Crippen molar-refractivity contribution in [3.05, 3.63) is 0 Å². The lowest BCUT2D eigenvalue weighted by atomic mass is 10.0. The largest absolute Gasteiger partial charge is 0.330 e. The van der Waals surface area contributed by atoms with Crippen molar-refractivity contribution in [1.82, 2.24) is 5.32 Å². The summed E-state index contributed by atoms with van der Waals surface area (Å²) < 4.78 is 0. The van der Waals surface area contributed by atoms with Crippen molar-refractivity contribution >= 4 is 0 Å². The molecule has 3 N–H and O–H groups in total. The molecule has 0 heterocycles. The predicted octanol–water partition coefficient (Wildman–Crippen LogP) is 1.50. The standard InChI is InChI=1S/C10H22N2/c1-3-4-9(7-11)8-12-10(2)5-6-10/h9,12H,3-8,11H2,1-2H3. The number of rotatable bonds is 6. The summed E-state index contributed by atoms with van der Waals surface area (Å²) in [7, 11) is 0. The molecule has 0 aromatic rings. The fourth-order valence-corrected chi connectivity index (χ4v) is 1.47. The van der Waals surface area contributed by atoms with Crippen LogP contribution < -0.4 is 11.1 Å². The van der Waals surface area contributed by atoms with E-state index >= 15 is 0 Å². The van der Waals surface area contributed by atoms with Gasteiger partial charge in [-0.25, -0.2) is 0 Å². The fraction of sp³-hybridized carbons (Fsp3) is 1.00. The van der Waals surface area contributed by atoms with E-state index in [-0.39, 0.29) is 0 Å². The fourth-order valence-electron chi connectivity index (χ4n) is 1.47. The van der Waals surface area contributed by atoms with Gasteiger partial charge in [0.05, 0.1) is 0 Å². The Kier molecular flexibility index (Phi) is 3.53. The van der Waals surface area contributed by atoms with Crippen LogP contribution in [-0.4, -0.2) is 18.6 Å². The Balaban J connectivity index is 2.10. The molecule has 0 radical (unpaired) electrons. The highest BCUT2D eigenvalue weighted by Crippen LogP contribution is 2.34. The quantitative estimate of drug-likeness (QED) is 0.634. The van der Waals surface area contributed by atoms with E-state index in [2.05, 4.69) is 19.2 Å². The third kappa shape index (κ3) is 3.11. The summed E-state index contributed by atoms with van der Waals surface area (Å²) in [6.07, 6.45) is 5.20. The van der Waals surface area contributed by atoms with Crippen LogP contribution in [0.4, 0.5) is 0 Å². The Morgan fingerprint density at radius 2 is 2.17 bits per heavy atom. The molecule has 0 bridgehead atoms. The van der Waals surface area contributed by atoms with E-state index in [1.54, 1.807) is 0 Å². The lowest BCUT2D eigenvalue weighted by molar-refractivity contribution is 0.411. The second-order valence-corrected chi connectivity index (χ2v) is 4.33. The van der Waals surface area contributed by atoms with Crippen LogP contribution in [0.5, 0.6) is 0 Å². The molecule has 0 aromatic heterocycles. The highest BCUT2D eigenvalue weighted by atomic mass is 15.0. The zero-order valence-electron chi connectivity index (χ0n) is 8.40. The molecule has 0 spiro atoms. The molecule has 0 saturated heterocycles. The van der Waals surface area contributed by atoms with Gasteiger partial charge in [0.25, 0.3) is 0 Å². The van der Waals surface area contributed by atoms with Gasteiger partial charge in [0.15, 0.2) is 0 Å². The molecule has 12 heavy (non-hydrogen) atoms. The van der Waals surface area contributed by atoms with Gasteiger partial charge in [-0.15, -0.1) is 0 Å². The van der Waals surface area contributed by atoms with E-state index in [1.165, 1.54) is 25.7 Å². The Bertz CT molecular complexity index is 130. The molecule has 0 aromatic carbocycles. The second kappa shape index (κ2) is 4.24. The monoisotopic (exact) mass is 170 g/mol. The first-order valence-corrected chi connectivity index (χ1v) is 5.15. The van der Waals surface area contributed by atoms with Crippen molar-refractivity contribution < 1.29 is 0 Å². The summed E-state index contributed by atoms with van der Waals surface area (Å²) in [5, 5.41) is 3.59. The molecule has 1 atom stereocenters. The van der Waals surface area contributed by atoms with Crippen LogP contribution in [0, 0.1) is 5.92 Å². The van der Waals surface area contributed by atoms with Crippen LogP contribution in [-0.2, 0) is 0 Å². The third-order valence-electron chi connectivity index (χ3n) is 2.85. The van der Waals surface area contributed by atoms with E-state index < -0.39 is 0 Å². The van der Waals surface area contributed by atoms with E-state index in [9.17, 15) is 0 Å². The SMILES string of the molecule is CCCC(CN)CNC1(C)CC1. The van der Waals surface area contributed by atoms with Crippen molar-refractivity contribution in [1.29, 1.82) is 0 Å². The van der Waals surface area contributed by atoms with Gasteiger partial charge in [0.2, 0.25) is 0 Å². The maximum Gasteiger partial charge on any atom is 0.0154 e. The van der Waals surface area contributed by atoms with Crippen LogP contribution >= 0.6 is 0 Å². The van der Waals surface area contributed by atoms with Gasteiger partial charge in [0, 0.05) is 5.54 Å². The minimum atomic E-state index is 0.473. The van der Waals surface area contributed by atoms with Crippen LogP contribution in [0.25, 0.3) is 0 Å². The topological polar surface area (TPSA) is 38.0 Å². The normalized spacial score (nSPS) is 22.2. The van der Waals surface area contributed by atoms with E-state index in [4.69, 9.17) is 5.73 Å². The van der Waals surface area contributed by atoms with Gasteiger partial charge in [-0.3, -0.25) is 0 Å². The van der Waals surface area contributed by atoms with E-state index in [1.807, 2.05) is 0 Å². The Labute approximate surface area is 75.9 Å². The summed E-state index contributed by atoms with van der Waals surface area (Å²) in [4.78, 5) is 0. The van der Waals surface area contributed by atoms with Gasteiger partial charge < -0.3 is 11.1 Å². The maximum absolute atomic E-state index is 5.67. The van der Waals surface area contributed by atoms with Gasteiger partial charge in [-0.1, -0.05) is 13.3 Å². The van der Waals surface area contributed by atoms with Gasteiger partial charge >= 0.3 is 0 Å². The van der Waals surface area contributed by atoms with Crippen LogP contribution in [0.3, 0.4) is 0 Å². The first kappa shape index (κ1) is 10.0. The smallest absolute Gasteiger partial charge is 0.0154 e. The summed E-state index contributed by atoms with van der Waals surface area (Å²) in [6, 6.07) is 0. The molecule has 0 aliphatic heterocycles. The molecule has 1 aliphatic rings. The molecule has 1 rings (SSSR count). The summed E-state index contributed by atoms with van der Waals surface area (Å²) in [6.45, 7) is 6.46. The summed E-state index contributed by atoms with van der Waals surface area (Å²) in [5.41, 5.74) is 6.14. The number of hydrogen-bond donors (Lipinski definition) is 2. The second-order valence-electron chi connectivity index (χ2n) is 4.33. The molecule has 1 saturated carbocycles. The van der Waals surface area contributed by atoms with Crippen molar-refractivity contribution in [3.63, 3.8) is 0 Å². The Morgan fingerprint density at radius 1 is 1.50 bits per heavy atom. The molecule has 0 amide bonds. The molecule has 2 heteroatoms. The van der Waals surface area contributed by atoms with Crippen LogP contribution in [0.15, 0.2) is 0 Å². The number of nitrogens with two attached hydrogens (primary N) is 1. The summed E-state index contributed by atoms with van der Waals surface area (Å²) in [5.74, 6) is 0.687. The maximum atomic E-state index is 5.67. The minimum absolute atomic E-state index is 0.473. The Hall–Kier alpha value is -0.0800. The van der Waals surface area contributed by atoms with Gasteiger partial charge in [-0.05, 0) is 45.2 Å². The number of hydrogen-bond acceptors (Lipinski definition) is 2. The summed E-state index contributed by atoms with van der Waals surface area (Å²) >= 11 is 0. The minimum Gasteiger partial charge on any atom is -0.330 e. The van der Waals surface area contributed by atoms with Crippen molar-refractivity contribution in [2.75, 3.05) is 13.1 Å². The van der Waals surface area contributed by atoms with Gasteiger partial charge in [0.1, 0.15) is 0 Å². The Morgan fingerprint density at radius 3 is 2.58 bits per heavy atom. The highest BCUT2D eigenvalue weighted by molar-refractivity contribution is 4.97. The molecular weight excluding hydrogens is 148 g/mol. The molecule has 2 nitrogen and oxygen atoms in total. The van der Waals surface area contributed by atoms with Crippen molar-refractivity contribution in [2.45, 2.75) is 45.1 Å². The zero-order valence-corrected chi connectivity index (χ0v) is 8.40. The number of nitrogens with one attached hydrogen (secondary N) is 1. The van der Waals surface area contributed by atoms with Crippen molar-refractivity contribution in [3.8, 4) is 0 Å². The lowest BCUT2D eigenvalue weighted by Gasteiger charge is -2.18. The molecule has 1 fully saturated rings. The highest BCUT2D eigenvalue weighted by Gasteiger charge is 2.36.